The van der Waals surface area contributed by atoms with Gasteiger partial charge in [-0.1, -0.05) is 0 Å². The minimum absolute atomic E-state index is 0.220. The van der Waals surface area contributed by atoms with Crippen molar-refractivity contribution >= 4 is 23.9 Å². The first-order valence-electron chi connectivity index (χ1n) is 13.8. The molecule has 0 heterocycles. The second-order valence-corrected chi connectivity index (χ2v) is 8.53. The van der Waals surface area contributed by atoms with Crippen molar-refractivity contribution in [3.05, 3.63) is 0 Å². The fraction of sp³-hybridized carbons (Fsp3) is 0.846. The quantitative estimate of drug-likeness (QED) is 0.134. The van der Waals surface area contributed by atoms with Crippen molar-refractivity contribution in [3.8, 4) is 0 Å². The van der Waals surface area contributed by atoms with Crippen LogP contribution < -0.4 is 5.73 Å². The van der Waals surface area contributed by atoms with Crippen LogP contribution >= 0.6 is 0 Å². The predicted molar refractivity (Wildman–Crippen MR) is 143 cm³/mol. The Balaban J connectivity index is 5.18. The van der Waals surface area contributed by atoms with Crippen LogP contribution in [0.25, 0.3) is 0 Å². The van der Waals surface area contributed by atoms with E-state index in [1.165, 1.54) is 0 Å². The number of nitrogens with two attached hydrogens (primary N) is 1. The van der Waals surface area contributed by atoms with E-state index in [2.05, 4.69) is 9.80 Å². The summed E-state index contributed by atoms with van der Waals surface area (Å²) in [5.41, 5.74) is 5.77. The van der Waals surface area contributed by atoms with Crippen molar-refractivity contribution < 1.29 is 38.1 Å². The molecule has 12 nitrogen and oxygen atoms in total. The van der Waals surface area contributed by atoms with Crippen molar-refractivity contribution in [2.45, 2.75) is 53.4 Å². The molecule has 0 fully saturated rings. The van der Waals surface area contributed by atoms with Crippen LogP contribution in [0.2, 0.25) is 0 Å². The average molecular weight is 547 g/mol. The van der Waals surface area contributed by atoms with E-state index in [0.717, 1.165) is 0 Å². The lowest BCUT2D eigenvalue weighted by molar-refractivity contribution is -0.145. The van der Waals surface area contributed by atoms with Gasteiger partial charge >= 0.3 is 23.9 Å². The number of ether oxygens (including phenoxy) is 4. The Kier molecular flexibility index (Phi) is 22.4. The second-order valence-electron chi connectivity index (χ2n) is 8.53. The SMILES string of the molecule is CCOC(=O)CCN(CCN)CCN(CCC(=O)OCC)CCN(CCC(=O)OCC)CCC(=O)OCC. The minimum Gasteiger partial charge on any atom is -0.466 e. The third-order valence-electron chi connectivity index (χ3n) is 5.66. The van der Waals surface area contributed by atoms with E-state index in [1.54, 1.807) is 27.7 Å². The Morgan fingerprint density at radius 1 is 0.447 bits per heavy atom. The summed E-state index contributed by atoms with van der Waals surface area (Å²) in [7, 11) is 0. The molecule has 0 aromatic heterocycles. The van der Waals surface area contributed by atoms with Crippen molar-refractivity contribution in [1.82, 2.24) is 14.7 Å². The third kappa shape index (κ3) is 19.8. The van der Waals surface area contributed by atoms with Crippen LogP contribution in [0, 0.1) is 0 Å². The zero-order valence-electron chi connectivity index (χ0n) is 23.9. The lowest BCUT2D eigenvalue weighted by Gasteiger charge is -2.29. The molecule has 0 unspecified atom stereocenters. The normalized spacial score (nSPS) is 11.2. The summed E-state index contributed by atoms with van der Waals surface area (Å²) < 4.78 is 20.2. The van der Waals surface area contributed by atoms with Crippen LogP contribution in [-0.4, -0.2) is 130 Å². The van der Waals surface area contributed by atoms with E-state index in [0.29, 0.717) is 91.9 Å². The summed E-state index contributed by atoms with van der Waals surface area (Å²) >= 11 is 0. The maximum absolute atomic E-state index is 12.0. The third-order valence-corrected chi connectivity index (χ3v) is 5.66. The van der Waals surface area contributed by atoms with Gasteiger partial charge in [-0.15, -0.1) is 0 Å². The van der Waals surface area contributed by atoms with Gasteiger partial charge in [-0.2, -0.15) is 0 Å². The fourth-order valence-electron chi connectivity index (χ4n) is 3.68. The van der Waals surface area contributed by atoms with Crippen molar-refractivity contribution in [2.75, 3.05) is 91.9 Å². The molecule has 2 N–H and O–H groups in total. The zero-order valence-corrected chi connectivity index (χ0v) is 23.9. The molecule has 0 aliphatic rings. The van der Waals surface area contributed by atoms with Crippen LogP contribution in [0.15, 0.2) is 0 Å². The molecule has 222 valence electrons. The van der Waals surface area contributed by atoms with Crippen molar-refractivity contribution in [3.63, 3.8) is 0 Å². The van der Waals surface area contributed by atoms with Crippen LogP contribution in [0.3, 0.4) is 0 Å². The molecule has 0 amide bonds. The molecule has 0 saturated carbocycles. The molecule has 0 atom stereocenters. The number of nitrogens with zero attached hydrogens (tertiary/aromatic N) is 3. The smallest absolute Gasteiger partial charge is 0.307 e. The summed E-state index contributed by atoms with van der Waals surface area (Å²) in [6, 6.07) is 0. The summed E-state index contributed by atoms with van der Waals surface area (Å²) in [5, 5.41) is 0. The molecule has 0 aliphatic heterocycles. The number of carbonyl (C=O) groups is 4. The summed E-state index contributed by atoms with van der Waals surface area (Å²) in [6.45, 7) is 13.9. The first kappa shape index (κ1) is 35.7. The fourth-order valence-corrected chi connectivity index (χ4v) is 3.68. The van der Waals surface area contributed by atoms with Crippen LogP contribution in [0.1, 0.15) is 53.4 Å². The van der Waals surface area contributed by atoms with Gasteiger partial charge < -0.3 is 39.4 Å². The zero-order chi connectivity index (χ0) is 28.6. The molecule has 0 aliphatic carbocycles. The standard InChI is InChI=1S/C26H50N4O8/c1-5-35-23(31)9-14-28(15-10-24(32)36-6-2)19-21-30(17-12-26(34)38-8-4)22-20-29(18-13-27)16-11-25(33)37-7-3/h5-22,27H2,1-4H3. The van der Waals surface area contributed by atoms with Crippen LogP contribution in [0.5, 0.6) is 0 Å². The number of carbonyl (C=O) groups excluding carboxylic acids is 4. The van der Waals surface area contributed by atoms with Crippen molar-refractivity contribution in [1.29, 1.82) is 0 Å². The highest BCUT2D eigenvalue weighted by Gasteiger charge is 2.17. The Morgan fingerprint density at radius 2 is 0.684 bits per heavy atom. The molecule has 0 aromatic rings. The van der Waals surface area contributed by atoms with Gasteiger partial charge in [0.05, 0.1) is 52.1 Å². The van der Waals surface area contributed by atoms with Gasteiger partial charge in [0, 0.05) is 65.4 Å². The molecule has 12 heteroatoms. The molecule has 0 aromatic carbocycles. The molecule has 0 saturated heterocycles. The monoisotopic (exact) mass is 546 g/mol. The lowest BCUT2D eigenvalue weighted by Crippen LogP contribution is -2.43. The minimum atomic E-state index is -0.285. The lowest BCUT2D eigenvalue weighted by atomic mass is 10.3. The van der Waals surface area contributed by atoms with Gasteiger partial charge in [-0.25, -0.2) is 0 Å². The van der Waals surface area contributed by atoms with E-state index in [4.69, 9.17) is 24.7 Å². The number of rotatable bonds is 24. The van der Waals surface area contributed by atoms with E-state index in [-0.39, 0.29) is 49.6 Å². The molecule has 0 spiro atoms. The Morgan fingerprint density at radius 3 is 0.921 bits per heavy atom. The average Bonchev–Trinajstić information content (AvgIpc) is 2.88. The number of hydrogen-bond donors (Lipinski definition) is 1. The van der Waals surface area contributed by atoms with Gasteiger partial charge in [-0.3, -0.25) is 19.2 Å². The Labute approximate surface area is 228 Å². The van der Waals surface area contributed by atoms with Crippen LogP contribution in [-0.2, 0) is 38.1 Å². The molecule has 0 radical (unpaired) electrons. The maximum Gasteiger partial charge on any atom is 0.307 e. The van der Waals surface area contributed by atoms with Gasteiger partial charge in [-0.05, 0) is 27.7 Å². The maximum atomic E-state index is 12.0. The molecular formula is C26H50N4O8. The number of hydrogen-bond acceptors (Lipinski definition) is 12. The molecule has 38 heavy (non-hydrogen) atoms. The van der Waals surface area contributed by atoms with Crippen LogP contribution in [0.4, 0.5) is 0 Å². The van der Waals surface area contributed by atoms with E-state index < -0.39 is 0 Å². The highest BCUT2D eigenvalue weighted by Crippen LogP contribution is 2.03. The molecule has 0 bridgehead atoms. The Bertz CT molecular complexity index is 643. The van der Waals surface area contributed by atoms with E-state index in [9.17, 15) is 19.2 Å². The predicted octanol–water partition coefficient (Wildman–Crippen LogP) is 0.664. The number of esters is 4. The molecular weight excluding hydrogens is 496 g/mol. The largest absolute Gasteiger partial charge is 0.466 e. The highest BCUT2D eigenvalue weighted by atomic mass is 16.5. The van der Waals surface area contributed by atoms with E-state index >= 15 is 0 Å². The first-order valence-corrected chi connectivity index (χ1v) is 13.8. The topological polar surface area (TPSA) is 141 Å². The second kappa shape index (κ2) is 23.8. The summed E-state index contributed by atoms with van der Waals surface area (Å²) in [4.78, 5) is 53.9. The summed E-state index contributed by atoms with van der Waals surface area (Å²) in [5.74, 6) is -1.08. The first-order chi connectivity index (χ1) is 18.3. The Hall–Kier alpha value is -2.28. The van der Waals surface area contributed by atoms with Gasteiger partial charge in [0.25, 0.3) is 0 Å². The van der Waals surface area contributed by atoms with Gasteiger partial charge in [0.1, 0.15) is 0 Å². The van der Waals surface area contributed by atoms with Gasteiger partial charge in [0.15, 0.2) is 0 Å². The van der Waals surface area contributed by atoms with Gasteiger partial charge in [0.2, 0.25) is 0 Å². The summed E-state index contributed by atoms with van der Waals surface area (Å²) in [6.07, 6.45) is 0.973. The highest BCUT2D eigenvalue weighted by molar-refractivity contribution is 5.70. The molecule has 0 rings (SSSR count). The van der Waals surface area contributed by atoms with Crippen molar-refractivity contribution in [2.24, 2.45) is 5.73 Å². The van der Waals surface area contributed by atoms with E-state index in [1.807, 2.05) is 4.90 Å².